The zero-order valence-electron chi connectivity index (χ0n) is 14.7. The van der Waals surface area contributed by atoms with Gasteiger partial charge in [-0.2, -0.15) is 0 Å². The second kappa shape index (κ2) is 6.48. The number of benzene rings is 1. The summed E-state index contributed by atoms with van der Waals surface area (Å²) >= 11 is 0. The highest BCUT2D eigenvalue weighted by Crippen LogP contribution is 2.34. The Labute approximate surface area is 144 Å². The minimum absolute atomic E-state index is 0.0936. The molecule has 6 heteroatoms. The first kappa shape index (κ1) is 17.4. The van der Waals surface area contributed by atoms with E-state index in [-0.39, 0.29) is 11.8 Å². The van der Waals surface area contributed by atoms with Crippen LogP contribution in [0.1, 0.15) is 42.6 Å². The molecule has 0 bridgehead atoms. The van der Waals surface area contributed by atoms with Crippen LogP contribution in [0, 0.1) is 5.92 Å². The first-order chi connectivity index (χ1) is 11.3. The van der Waals surface area contributed by atoms with Crippen molar-refractivity contribution in [3.05, 3.63) is 29.3 Å². The first-order valence-electron chi connectivity index (χ1n) is 8.63. The molecule has 0 amide bonds. The number of rotatable bonds is 4. The number of sulfonamides is 1. The van der Waals surface area contributed by atoms with Gasteiger partial charge in [0.25, 0.3) is 0 Å². The number of hydrogen-bond donors (Lipinski definition) is 0. The lowest BCUT2D eigenvalue weighted by Gasteiger charge is -2.29. The molecule has 2 aliphatic rings. The van der Waals surface area contributed by atoms with Crippen LogP contribution in [-0.4, -0.2) is 51.0 Å². The van der Waals surface area contributed by atoms with Gasteiger partial charge in [-0.25, -0.2) is 8.42 Å². The van der Waals surface area contributed by atoms with Crippen molar-refractivity contribution in [1.82, 2.24) is 4.90 Å². The van der Waals surface area contributed by atoms with Gasteiger partial charge in [0.2, 0.25) is 10.0 Å². The maximum absolute atomic E-state index is 12.6. The van der Waals surface area contributed by atoms with Crippen LogP contribution >= 0.6 is 0 Å². The highest BCUT2D eigenvalue weighted by atomic mass is 32.2. The Morgan fingerprint density at radius 2 is 1.88 bits per heavy atom. The summed E-state index contributed by atoms with van der Waals surface area (Å²) in [6, 6.07) is 5.34. The minimum Gasteiger partial charge on any atom is -0.296 e. The summed E-state index contributed by atoms with van der Waals surface area (Å²) < 4.78 is 25.4. The average molecular weight is 350 g/mol. The number of fused-ring (bicyclic) bond motifs is 1. The number of carbonyl (C=O) groups is 1. The number of likely N-dealkylation sites (tertiary alicyclic amines) is 1. The van der Waals surface area contributed by atoms with Crippen LogP contribution in [0.3, 0.4) is 0 Å². The lowest BCUT2D eigenvalue weighted by Crippen LogP contribution is -2.36. The van der Waals surface area contributed by atoms with Gasteiger partial charge in [-0.05, 0) is 69.0 Å². The molecule has 1 aromatic rings. The molecule has 132 valence electrons. The molecular formula is C18H26N2O3S. The molecule has 1 fully saturated rings. The van der Waals surface area contributed by atoms with Gasteiger partial charge in [0, 0.05) is 11.6 Å². The molecule has 0 aromatic heterocycles. The summed E-state index contributed by atoms with van der Waals surface area (Å²) in [5, 5.41) is 0. The predicted octanol–water partition coefficient (Wildman–Crippen LogP) is 2.31. The van der Waals surface area contributed by atoms with Gasteiger partial charge in [-0.15, -0.1) is 0 Å². The topological polar surface area (TPSA) is 57.7 Å². The Bertz CT molecular complexity index is 737. The van der Waals surface area contributed by atoms with Crippen molar-refractivity contribution < 1.29 is 13.2 Å². The molecule has 24 heavy (non-hydrogen) atoms. The fourth-order valence-corrected chi connectivity index (χ4v) is 5.06. The molecule has 1 atom stereocenters. The van der Waals surface area contributed by atoms with Gasteiger partial charge in [-0.1, -0.05) is 6.92 Å². The molecule has 1 unspecified atom stereocenters. The van der Waals surface area contributed by atoms with Crippen LogP contribution in [0.2, 0.25) is 0 Å². The van der Waals surface area contributed by atoms with Crippen LogP contribution < -0.4 is 4.31 Å². The fourth-order valence-electron chi connectivity index (χ4n) is 3.80. The molecule has 0 saturated carbocycles. The number of ketones is 1. The van der Waals surface area contributed by atoms with E-state index in [4.69, 9.17) is 0 Å². The monoisotopic (exact) mass is 350 g/mol. The molecule has 0 aliphatic carbocycles. The van der Waals surface area contributed by atoms with E-state index in [1.165, 1.54) is 10.6 Å². The molecule has 0 radical (unpaired) electrons. The van der Waals surface area contributed by atoms with E-state index in [0.717, 1.165) is 37.4 Å². The number of carbonyl (C=O) groups excluding carboxylic acids is 1. The highest BCUT2D eigenvalue weighted by molar-refractivity contribution is 7.92. The van der Waals surface area contributed by atoms with Gasteiger partial charge in [0.05, 0.1) is 18.5 Å². The minimum atomic E-state index is -3.29. The van der Waals surface area contributed by atoms with Gasteiger partial charge in [-0.3, -0.25) is 14.0 Å². The van der Waals surface area contributed by atoms with E-state index in [0.29, 0.717) is 24.2 Å². The van der Waals surface area contributed by atoms with Gasteiger partial charge in [0.1, 0.15) is 0 Å². The van der Waals surface area contributed by atoms with Gasteiger partial charge >= 0.3 is 0 Å². The molecular weight excluding hydrogens is 324 g/mol. The number of nitrogens with zero attached hydrogens (tertiary/aromatic N) is 2. The number of hydrogen-bond acceptors (Lipinski definition) is 4. The number of Topliss-reactive ketones (excluding diaryl/α,β-unsaturated/α-hetero) is 1. The van der Waals surface area contributed by atoms with Gasteiger partial charge in [0.15, 0.2) is 5.78 Å². The summed E-state index contributed by atoms with van der Waals surface area (Å²) in [5.74, 6) is 0.873. The Morgan fingerprint density at radius 1 is 1.21 bits per heavy atom. The smallest absolute Gasteiger partial charge is 0.232 e. The second-order valence-electron chi connectivity index (χ2n) is 7.34. The predicted molar refractivity (Wildman–Crippen MR) is 96.1 cm³/mol. The van der Waals surface area contributed by atoms with Crippen LogP contribution in [0.25, 0.3) is 0 Å². The molecule has 1 saturated heterocycles. The summed E-state index contributed by atoms with van der Waals surface area (Å²) in [6.45, 7) is 6.58. The molecule has 2 aliphatic heterocycles. The van der Waals surface area contributed by atoms with E-state index in [1.54, 1.807) is 12.1 Å². The molecule has 5 nitrogen and oxygen atoms in total. The number of anilines is 1. The summed E-state index contributed by atoms with van der Waals surface area (Å²) in [7, 11) is -3.29. The van der Waals surface area contributed by atoms with E-state index in [2.05, 4.69) is 11.8 Å². The molecule has 0 spiro atoms. The van der Waals surface area contributed by atoms with Crippen molar-refractivity contribution in [2.75, 3.05) is 30.2 Å². The lowest BCUT2D eigenvalue weighted by atomic mass is 9.98. The largest absolute Gasteiger partial charge is 0.296 e. The van der Waals surface area contributed by atoms with Crippen molar-refractivity contribution in [3.63, 3.8) is 0 Å². The maximum atomic E-state index is 12.6. The molecule has 0 N–H and O–H groups in total. The number of piperidine rings is 1. The Morgan fingerprint density at radius 3 is 2.50 bits per heavy atom. The average Bonchev–Trinajstić information content (AvgIpc) is 2.84. The van der Waals surface area contributed by atoms with Gasteiger partial charge < -0.3 is 0 Å². The summed E-state index contributed by atoms with van der Waals surface area (Å²) in [6.07, 6.45) is 4.19. The Balaban J connectivity index is 1.75. The van der Waals surface area contributed by atoms with Crippen molar-refractivity contribution in [2.45, 2.75) is 39.2 Å². The molecule has 3 rings (SSSR count). The quantitative estimate of drug-likeness (QED) is 0.782. The van der Waals surface area contributed by atoms with E-state index >= 15 is 0 Å². The van der Waals surface area contributed by atoms with Crippen molar-refractivity contribution in [1.29, 1.82) is 0 Å². The van der Waals surface area contributed by atoms with Crippen molar-refractivity contribution in [3.8, 4) is 0 Å². The van der Waals surface area contributed by atoms with Crippen molar-refractivity contribution >= 4 is 21.5 Å². The summed E-state index contributed by atoms with van der Waals surface area (Å²) in [5.41, 5.74) is 2.36. The molecule has 1 aromatic carbocycles. The van der Waals surface area contributed by atoms with E-state index in [9.17, 15) is 13.2 Å². The van der Waals surface area contributed by atoms with Crippen molar-refractivity contribution in [2.24, 2.45) is 5.92 Å². The van der Waals surface area contributed by atoms with E-state index in [1.807, 2.05) is 13.0 Å². The third kappa shape index (κ3) is 3.49. The normalized spacial score (nSPS) is 22.6. The third-order valence-corrected chi connectivity index (χ3v) is 6.43. The lowest BCUT2D eigenvalue weighted by molar-refractivity contribution is 0.0899. The Hall–Kier alpha value is -1.40. The van der Waals surface area contributed by atoms with Crippen LogP contribution in [0.5, 0.6) is 0 Å². The third-order valence-electron chi connectivity index (χ3n) is 5.16. The summed E-state index contributed by atoms with van der Waals surface area (Å²) in [4.78, 5) is 14.8. The van der Waals surface area contributed by atoms with Crippen LogP contribution in [-0.2, 0) is 16.4 Å². The first-order valence-corrected chi connectivity index (χ1v) is 10.5. The molecule has 2 heterocycles. The fraction of sp³-hybridized carbons (Fsp3) is 0.611. The Kier molecular flexibility index (Phi) is 4.71. The SMILES string of the molecule is CC1CCN(CC(=O)c2ccc3c(c2)CC(C)N3S(C)(=O)=O)CC1. The van der Waals surface area contributed by atoms with Crippen LogP contribution in [0.4, 0.5) is 5.69 Å². The standard InChI is InChI=1S/C18H26N2O3S/c1-13-6-8-19(9-7-13)12-18(21)15-4-5-17-16(11-15)10-14(2)20(17)24(3,22)23/h4-5,11,13-14H,6-10,12H2,1-3H3. The zero-order chi connectivity index (χ0) is 17.5. The second-order valence-corrected chi connectivity index (χ2v) is 9.20. The highest BCUT2D eigenvalue weighted by Gasteiger charge is 2.32. The zero-order valence-corrected chi connectivity index (χ0v) is 15.5. The van der Waals surface area contributed by atoms with E-state index < -0.39 is 10.0 Å². The van der Waals surface area contributed by atoms with Crippen LogP contribution in [0.15, 0.2) is 18.2 Å². The maximum Gasteiger partial charge on any atom is 0.232 e.